The van der Waals surface area contributed by atoms with E-state index in [0.717, 1.165) is 10.2 Å². The number of rotatable bonds is 3. The van der Waals surface area contributed by atoms with Crippen molar-refractivity contribution in [3.05, 3.63) is 63.1 Å². The zero-order chi connectivity index (χ0) is 14.0. The van der Waals surface area contributed by atoms with E-state index in [4.69, 9.17) is 11.6 Å². The molecule has 0 fully saturated rings. The van der Waals surface area contributed by atoms with Crippen LogP contribution in [0.25, 0.3) is 0 Å². The SMILES string of the molecule is CC(Nc1ccc(Cl)c(Br)c1)c1c(F)cccc1F. The van der Waals surface area contributed by atoms with Crippen molar-refractivity contribution in [1.82, 2.24) is 0 Å². The lowest BCUT2D eigenvalue weighted by molar-refractivity contribution is 0.544. The molecule has 5 heteroatoms. The molecule has 0 heterocycles. The molecule has 0 bridgehead atoms. The maximum absolute atomic E-state index is 13.6. The third kappa shape index (κ3) is 3.25. The highest BCUT2D eigenvalue weighted by Gasteiger charge is 2.15. The van der Waals surface area contributed by atoms with Gasteiger partial charge in [0, 0.05) is 15.7 Å². The summed E-state index contributed by atoms with van der Waals surface area (Å²) in [5.41, 5.74) is 0.750. The zero-order valence-electron chi connectivity index (χ0n) is 10.1. The Kier molecular flexibility index (Phi) is 4.42. The molecule has 19 heavy (non-hydrogen) atoms. The Labute approximate surface area is 123 Å². The van der Waals surface area contributed by atoms with Crippen LogP contribution < -0.4 is 5.32 Å². The molecule has 100 valence electrons. The first kappa shape index (κ1) is 14.3. The van der Waals surface area contributed by atoms with Gasteiger partial charge in [-0.05, 0) is 53.2 Å². The van der Waals surface area contributed by atoms with Crippen LogP contribution in [-0.4, -0.2) is 0 Å². The standard InChI is InChI=1S/C14H11BrClF2N/c1-8(14-12(17)3-2-4-13(14)18)19-9-5-6-11(16)10(15)7-9/h2-8,19H,1H3. The average molecular weight is 347 g/mol. The van der Waals surface area contributed by atoms with Crippen LogP contribution in [0.15, 0.2) is 40.9 Å². The first-order chi connectivity index (χ1) is 8.99. The van der Waals surface area contributed by atoms with E-state index in [9.17, 15) is 8.78 Å². The molecule has 2 rings (SSSR count). The lowest BCUT2D eigenvalue weighted by atomic mass is 10.1. The molecule has 2 aromatic rings. The molecule has 1 atom stereocenters. The van der Waals surface area contributed by atoms with Gasteiger partial charge in [-0.1, -0.05) is 17.7 Å². The van der Waals surface area contributed by atoms with E-state index in [1.54, 1.807) is 25.1 Å². The summed E-state index contributed by atoms with van der Waals surface area (Å²) in [7, 11) is 0. The first-order valence-electron chi connectivity index (χ1n) is 5.64. The van der Waals surface area contributed by atoms with E-state index in [1.165, 1.54) is 18.2 Å². The van der Waals surface area contributed by atoms with Gasteiger partial charge < -0.3 is 5.32 Å². The highest BCUT2D eigenvalue weighted by atomic mass is 79.9. The summed E-state index contributed by atoms with van der Waals surface area (Å²) >= 11 is 9.19. The van der Waals surface area contributed by atoms with Gasteiger partial charge in [0.25, 0.3) is 0 Å². The van der Waals surface area contributed by atoms with E-state index in [2.05, 4.69) is 21.2 Å². The fraction of sp³-hybridized carbons (Fsp3) is 0.143. The van der Waals surface area contributed by atoms with Crippen LogP contribution in [0.4, 0.5) is 14.5 Å². The second-order valence-corrected chi connectivity index (χ2v) is 5.39. The Bertz CT molecular complexity index is 584. The van der Waals surface area contributed by atoms with Gasteiger partial charge in [-0.25, -0.2) is 8.78 Å². The summed E-state index contributed by atoms with van der Waals surface area (Å²) in [4.78, 5) is 0. The molecule has 1 unspecified atom stereocenters. The van der Waals surface area contributed by atoms with Gasteiger partial charge >= 0.3 is 0 Å². The lowest BCUT2D eigenvalue weighted by Gasteiger charge is -2.17. The molecule has 1 N–H and O–H groups in total. The minimum atomic E-state index is -0.562. The number of hydrogen-bond acceptors (Lipinski definition) is 1. The minimum Gasteiger partial charge on any atom is -0.378 e. The van der Waals surface area contributed by atoms with Gasteiger partial charge in [0.1, 0.15) is 11.6 Å². The zero-order valence-corrected chi connectivity index (χ0v) is 12.4. The van der Waals surface area contributed by atoms with E-state index in [0.29, 0.717) is 5.02 Å². The summed E-state index contributed by atoms with van der Waals surface area (Å²) < 4.78 is 28.0. The number of halogens is 4. The Morgan fingerprint density at radius 2 is 1.79 bits per heavy atom. The Morgan fingerprint density at radius 1 is 1.16 bits per heavy atom. The quantitative estimate of drug-likeness (QED) is 0.768. The van der Waals surface area contributed by atoms with E-state index in [-0.39, 0.29) is 5.56 Å². The molecule has 0 amide bonds. The van der Waals surface area contributed by atoms with E-state index < -0.39 is 17.7 Å². The van der Waals surface area contributed by atoms with E-state index >= 15 is 0 Å². The number of benzene rings is 2. The van der Waals surface area contributed by atoms with Crippen LogP contribution in [0.2, 0.25) is 5.02 Å². The van der Waals surface area contributed by atoms with Crippen LogP contribution in [0.1, 0.15) is 18.5 Å². The lowest BCUT2D eigenvalue weighted by Crippen LogP contribution is -2.10. The van der Waals surface area contributed by atoms with Gasteiger partial charge in [-0.3, -0.25) is 0 Å². The molecule has 0 aliphatic carbocycles. The molecule has 1 nitrogen and oxygen atoms in total. The summed E-state index contributed by atoms with van der Waals surface area (Å²) in [6.07, 6.45) is 0. The van der Waals surface area contributed by atoms with Crippen LogP contribution in [0.5, 0.6) is 0 Å². The Balaban J connectivity index is 2.25. The smallest absolute Gasteiger partial charge is 0.131 e. The van der Waals surface area contributed by atoms with Crippen molar-refractivity contribution < 1.29 is 8.78 Å². The summed E-state index contributed by atoms with van der Waals surface area (Å²) in [5, 5.41) is 3.62. The second-order valence-electron chi connectivity index (χ2n) is 4.13. The topological polar surface area (TPSA) is 12.0 Å². The van der Waals surface area contributed by atoms with E-state index in [1.807, 2.05) is 0 Å². The van der Waals surface area contributed by atoms with Gasteiger partial charge in [0.15, 0.2) is 0 Å². The third-order valence-corrected chi connectivity index (χ3v) is 3.95. The molecule has 2 aromatic carbocycles. The van der Waals surface area contributed by atoms with Crippen LogP contribution >= 0.6 is 27.5 Å². The van der Waals surface area contributed by atoms with Gasteiger partial charge in [0.05, 0.1) is 11.1 Å². The highest BCUT2D eigenvalue weighted by molar-refractivity contribution is 9.10. The summed E-state index contributed by atoms with van der Waals surface area (Å²) in [6.45, 7) is 1.70. The van der Waals surface area contributed by atoms with Crippen LogP contribution in [0.3, 0.4) is 0 Å². The molecule has 0 aliphatic rings. The van der Waals surface area contributed by atoms with Gasteiger partial charge in [-0.2, -0.15) is 0 Å². The summed E-state index contributed by atoms with van der Waals surface area (Å²) in [5.74, 6) is -1.12. The van der Waals surface area contributed by atoms with Gasteiger partial charge in [-0.15, -0.1) is 0 Å². The minimum absolute atomic E-state index is 0.0218. The predicted octanol–water partition coefficient (Wildman–Crippen LogP) is 5.55. The maximum Gasteiger partial charge on any atom is 0.131 e. The molecule has 0 spiro atoms. The number of anilines is 1. The van der Waals surface area contributed by atoms with Gasteiger partial charge in [0.2, 0.25) is 0 Å². The largest absolute Gasteiger partial charge is 0.378 e. The van der Waals surface area contributed by atoms with Crippen molar-refractivity contribution in [3.8, 4) is 0 Å². The van der Waals surface area contributed by atoms with Crippen molar-refractivity contribution in [2.24, 2.45) is 0 Å². The van der Waals surface area contributed by atoms with Crippen molar-refractivity contribution >= 4 is 33.2 Å². The first-order valence-corrected chi connectivity index (χ1v) is 6.81. The molecular formula is C14H11BrClF2N. The molecule has 0 aromatic heterocycles. The Hall–Kier alpha value is -1.13. The summed E-state index contributed by atoms with van der Waals surface area (Å²) in [6, 6.07) is 8.56. The van der Waals surface area contributed by atoms with Crippen molar-refractivity contribution in [2.75, 3.05) is 5.32 Å². The molecule has 0 radical (unpaired) electrons. The van der Waals surface area contributed by atoms with Crippen molar-refractivity contribution in [1.29, 1.82) is 0 Å². The fourth-order valence-electron chi connectivity index (χ4n) is 1.83. The fourth-order valence-corrected chi connectivity index (χ4v) is 2.33. The van der Waals surface area contributed by atoms with Crippen molar-refractivity contribution in [2.45, 2.75) is 13.0 Å². The molecule has 0 saturated heterocycles. The molecular weight excluding hydrogens is 336 g/mol. The predicted molar refractivity (Wildman–Crippen MR) is 77.5 cm³/mol. The molecule has 0 aliphatic heterocycles. The molecule has 0 saturated carbocycles. The Morgan fingerprint density at radius 3 is 2.37 bits per heavy atom. The number of nitrogens with one attached hydrogen (secondary N) is 1. The monoisotopic (exact) mass is 345 g/mol. The van der Waals surface area contributed by atoms with Crippen molar-refractivity contribution in [3.63, 3.8) is 0 Å². The highest BCUT2D eigenvalue weighted by Crippen LogP contribution is 2.29. The second kappa shape index (κ2) is 5.88. The van der Waals surface area contributed by atoms with Crippen LogP contribution in [0, 0.1) is 11.6 Å². The van der Waals surface area contributed by atoms with Crippen LogP contribution in [-0.2, 0) is 0 Å². The third-order valence-electron chi connectivity index (χ3n) is 2.74. The number of hydrogen-bond donors (Lipinski definition) is 1. The maximum atomic E-state index is 13.6. The normalized spacial score (nSPS) is 12.3. The average Bonchev–Trinajstić information content (AvgIpc) is 2.33.